The van der Waals surface area contributed by atoms with Crippen LogP contribution >= 0.6 is 0 Å². The van der Waals surface area contributed by atoms with Crippen LogP contribution in [0, 0.1) is 0 Å². The van der Waals surface area contributed by atoms with Crippen LogP contribution in [0.3, 0.4) is 0 Å². The van der Waals surface area contributed by atoms with Gasteiger partial charge in [0.1, 0.15) is 11.9 Å². The van der Waals surface area contributed by atoms with Gasteiger partial charge in [-0.3, -0.25) is 4.68 Å². The van der Waals surface area contributed by atoms with Crippen LogP contribution in [0.2, 0.25) is 0 Å². The lowest BCUT2D eigenvalue weighted by atomic mass is 10.1. The first-order valence-electron chi connectivity index (χ1n) is 9.73. The number of anilines is 2. The zero-order chi connectivity index (χ0) is 19.6. The standard InChI is InChI=1S/C22H22N6O/c1-28-14-17(12-25-28)16-8-18(10-20(9-16)29-19-6-7-23-13-19)26-22-24-11-15-4-2-3-5-21(15)27-22/h2-5,8-12,14,19,23H,6-7,13H2,1H3,(H,24,26,27). The summed E-state index contributed by atoms with van der Waals surface area (Å²) in [6, 6.07) is 14.1. The van der Waals surface area contributed by atoms with E-state index in [2.05, 4.69) is 37.8 Å². The van der Waals surface area contributed by atoms with Crippen LogP contribution in [-0.2, 0) is 7.05 Å². The van der Waals surface area contributed by atoms with E-state index in [4.69, 9.17) is 4.74 Å². The monoisotopic (exact) mass is 386 g/mol. The van der Waals surface area contributed by atoms with Crippen molar-refractivity contribution in [3.05, 3.63) is 61.1 Å². The molecule has 7 nitrogen and oxygen atoms in total. The van der Waals surface area contributed by atoms with E-state index in [1.807, 2.05) is 56.0 Å². The van der Waals surface area contributed by atoms with Crippen LogP contribution in [0.15, 0.2) is 61.1 Å². The molecule has 2 aromatic heterocycles. The Balaban J connectivity index is 1.49. The maximum Gasteiger partial charge on any atom is 0.227 e. The van der Waals surface area contributed by atoms with Gasteiger partial charge >= 0.3 is 0 Å². The molecular weight excluding hydrogens is 364 g/mol. The molecule has 4 aromatic rings. The Morgan fingerprint density at radius 2 is 2.07 bits per heavy atom. The van der Waals surface area contributed by atoms with Crippen LogP contribution in [-0.4, -0.2) is 38.9 Å². The van der Waals surface area contributed by atoms with E-state index < -0.39 is 0 Å². The smallest absolute Gasteiger partial charge is 0.227 e. The molecule has 0 saturated carbocycles. The highest BCUT2D eigenvalue weighted by Gasteiger charge is 2.17. The van der Waals surface area contributed by atoms with Gasteiger partial charge in [-0.25, -0.2) is 9.97 Å². The van der Waals surface area contributed by atoms with E-state index in [-0.39, 0.29) is 6.10 Å². The lowest BCUT2D eigenvalue weighted by Gasteiger charge is -2.15. The van der Waals surface area contributed by atoms with Crippen molar-refractivity contribution in [1.29, 1.82) is 0 Å². The third-order valence-electron chi connectivity index (χ3n) is 5.01. The van der Waals surface area contributed by atoms with E-state index in [1.165, 1.54) is 0 Å². The zero-order valence-corrected chi connectivity index (χ0v) is 16.2. The first kappa shape index (κ1) is 17.6. The molecule has 3 heterocycles. The number of nitrogens with zero attached hydrogens (tertiary/aromatic N) is 4. The van der Waals surface area contributed by atoms with Crippen molar-refractivity contribution in [3.8, 4) is 16.9 Å². The number of nitrogens with one attached hydrogen (secondary N) is 2. The Bertz CT molecular complexity index is 1150. The molecule has 0 aliphatic carbocycles. The minimum absolute atomic E-state index is 0.184. The predicted octanol–water partition coefficient (Wildman–Crippen LogP) is 3.51. The number of hydrogen-bond acceptors (Lipinski definition) is 6. The Hall–Kier alpha value is -3.45. The Morgan fingerprint density at radius 3 is 2.90 bits per heavy atom. The van der Waals surface area contributed by atoms with Gasteiger partial charge in [0.2, 0.25) is 5.95 Å². The van der Waals surface area contributed by atoms with Crippen molar-refractivity contribution in [2.45, 2.75) is 12.5 Å². The minimum atomic E-state index is 0.184. The average Bonchev–Trinajstić information content (AvgIpc) is 3.39. The van der Waals surface area contributed by atoms with Crippen LogP contribution < -0.4 is 15.4 Å². The topological polar surface area (TPSA) is 76.9 Å². The second-order valence-corrected chi connectivity index (χ2v) is 7.26. The molecule has 2 aromatic carbocycles. The number of hydrogen-bond donors (Lipinski definition) is 2. The maximum absolute atomic E-state index is 6.22. The average molecular weight is 386 g/mol. The largest absolute Gasteiger partial charge is 0.489 e. The fourth-order valence-electron chi connectivity index (χ4n) is 3.56. The summed E-state index contributed by atoms with van der Waals surface area (Å²) in [7, 11) is 1.91. The predicted molar refractivity (Wildman–Crippen MR) is 113 cm³/mol. The first-order valence-corrected chi connectivity index (χ1v) is 9.73. The molecule has 146 valence electrons. The van der Waals surface area contributed by atoms with Gasteiger partial charge in [-0.15, -0.1) is 0 Å². The van der Waals surface area contributed by atoms with Gasteiger partial charge in [-0.05, 0) is 36.7 Å². The Morgan fingerprint density at radius 1 is 1.14 bits per heavy atom. The summed E-state index contributed by atoms with van der Waals surface area (Å²) in [5.74, 6) is 1.38. The van der Waals surface area contributed by atoms with Crippen molar-refractivity contribution in [1.82, 2.24) is 25.1 Å². The molecule has 0 bridgehead atoms. The summed E-state index contributed by atoms with van der Waals surface area (Å²) in [5, 5.41) is 12.0. The van der Waals surface area contributed by atoms with Gasteiger partial charge in [0.25, 0.3) is 0 Å². The number of para-hydroxylation sites is 1. The SMILES string of the molecule is Cn1cc(-c2cc(Nc3ncc4ccccc4n3)cc(OC3CCNC3)c2)cn1. The third-order valence-corrected chi connectivity index (χ3v) is 5.01. The summed E-state index contributed by atoms with van der Waals surface area (Å²) in [6.45, 7) is 1.86. The molecule has 1 fully saturated rings. The number of aryl methyl sites for hydroxylation is 1. The van der Waals surface area contributed by atoms with Crippen molar-refractivity contribution >= 4 is 22.5 Å². The molecule has 29 heavy (non-hydrogen) atoms. The van der Waals surface area contributed by atoms with Crippen LogP contribution in [0.25, 0.3) is 22.0 Å². The summed E-state index contributed by atoms with van der Waals surface area (Å²) >= 11 is 0. The van der Waals surface area contributed by atoms with Gasteiger partial charge in [0.05, 0.1) is 11.7 Å². The number of rotatable bonds is 5. The van der Waals surface area contributed by atoms with Gasteiger partial charge in [-0.2, -0.15) is 5.10 Å². The molecule has 1 atom stereocenters. The van der Waals surface area contributed by atoms with E-state index in [0.717, 1.165) is 53.0 Å². The molecule has 1 unspecified atom stereocenters. The van der Waals surface area contributed by atoms with E-state index in [9.17, 15) is 0 Å². The lowest BCUT2D eigenvalue weighted by molar-refractivity contribution is 0.223. The van der Waals surface area contributed by atoms with Crippen molar-refractivity contribution < 1.29 is 4.74 Å². The normalized spacial score (nSPS) is 16.2. The molecule has 2 N–H and O–H groups in total. The lowest BCUT2D eigenvalue weighted by Crippen LogP contribution is -2.19. The van der Waals surface area contributed by atoms with E-state index in [0.29, 0.717) is 5.95 Å². The fourth-order valence-corrected chi connectivity index (χ4v) is 3.56. The van der Waals surface area contributed by atoms with Crippen molar-refractivity contribution in [2.24, 2.45) is 7.05 Å². The van der Waals surface area contributed by atoms with Gasteiger partial charge in [0.15, 0.2) is 0 Å². The maximum atomic E-state index is 6.22. The van der Waals surface area contributed by atoms with Crippen molar-refractivity contribution in [2.75, 3.05) is 18.4 Å². The Kier molecular flexibility index (Phi) is 4.57. The summed E-state index contributed by atoms with van der Waals surface area (Å²) in [6.07, 6.45) is 6.87. The minimum Gasteiger partial charge on any atom is -0.489 e. The molecule has 1 aliphatic rings. The molecular formula is C22H22N6O. The molecule has 7 heteroatoms. The van der Waals surface area contributed by atoms with Crippen LogP contribution in [0.1, 0.15) is 6.42 Å². The number of benzene rings is 2. The quantitative estimate of drug-likeness (QED) is 0.547. The summed E-state index contributed by atoms with van der Waals surface area (Å²) < 4.78 is 8.02. The molecule has 1 aliphatic heterocycles. The van der Waals surface area contributed by atoms with Gasteiger partial charge in [-0.1, -0.05) is 18.2 Å². The van der Waals surface area contributed by atoms with E-state index >= 15 is 0 Å². The number of ether oxygens (including phenoxy) is 1. The molecule has 1 saturated heterocycles. The second-order valence-electron chi connectivity index (χ2n) is 7.26. The highest BCUT2D eigenvalue weighted by atomic mass is 16.5. The number of aromatic nitrogens is 4. The number of fused-ring (bicyclic) bond motifs is 1. The Labute approximate surface area is 168 Å². The van der Waals surface area contributed by atoms with Crippen molar-refractivity contribution in [3.63, 3.8) is 0 Å². The second kappa shape index (κ2) is 7.52. The van der Waals surface area contributed by atoms with Gasteiger partial charge in [0, 0.05) is 48.7 Å². The van der Waals surface area contributed by atoms with E-state index in [1.54, 1.807) is 4.68 Å². The molecule has 5 rings (SSSR count). The van der Waals surface area contributed by atoms with Crippen LogP contribution in [0.5, 0.6) is 5.75 Å². The summed E-state index contributed by atoms with van der Waals surface area (Å²) in [5.41, 5.74) is 3.85. The van der Waals surface area contributed by atoms with Gasteiger partial charge < -0.3 is 15.4 Å². The highest BCUT2D eigenvalue weighted by Crippen LogP contribution is 2.30. The third kappa shape index (κ3) is 3.90. The van der Waals surface area contributed by atoms with Crippen LogP contribution in [0.4, 0.5) is 11.6 Å². The first-order chi connectivity index (χ1) is 14.2. The zero-order valence-electron chi connectivity index (χ0n) is 16.2. The molecule has 0 radical (unpaired) electrons. The molecule has 0 spiro atoms. The molecule has 0 amide bonds. The fraction of sp³-hybridized carbons (Fsp3) is 0.227. The summed E-state index contributed by atoms with van der Waals surface area (Å²) in [4.78, 5) is 9.07. The highest BCUT2D eigenvalue weighted by molar-refractivity contribution is 5.79.